The summed E-state index contributed by atoms with van der Waals surface area (Å²) in [6, 6.07) is 2.02. The molecule has 1 aliphatic rings. The number of carbonyl (C=O) groups is 1. The molecule has 0 amide bonds. The molecule has 10 heavy (non-hydrogen) atoms. The van der Waals surface area contributed by atoms with Gasteiger partial charge in [-0.1, -0.05) is 0 Å². The average Bonchev–Trinajstić information content (AvgIpc) is 2.37. The van der Waals surface area contributed by atoms with E-state index in [1.54, 1.807) is 6.08 Å². The van der Waals surface area contributed by atoms with E-state index in [1.807, 2.05) is 6.07 Å². The molecule has 0 saturated heterocycles. The molecule has 0 N–H and O–H groups in total. The molecule has 0 fully saturated rings. The lowest BCUT2D eigenvalue weighted by Gasteiger charge is -2.01. The number of hydrogen-bond donors (Lipinski definition) is 0. The smallest absolute Gasteiger partial charge is 0.293 e. The van der Waals surface area contributed by atoms with Crippen molar-refractivity contribution >= 4 is 6.47 Å². The normalized spacial score (nSPS) is 23.1. The van der Waals surface area contributed by atoms with Crippen LogP contribution < -0.4 is 0 Å². The van der Waals surface area contributed by atoms with Crippen molar-refractivity contribution in [2.45, 2.75) is 18.9 Å². The van der Waals surface area contributed by atoms with E-state index < -0.39 is 0 Å². The predicted molar refractivity (Wildman–Crippen MR) is 33.9 cm³/mol. The Morgan fingerprint density at radius 2 is 2.70 bits per heavy atom. The van der Waals surface area contributed by atoms with E-state index in [2.05, 4.69) is 4.74 Å². The van der Waals surface area contributed by atoms with E-state index in [4.69, 9.17) is 5.26 Å². The summed E-state index contributed by atoms with van der Waals surface area (Å²) < 4.78 is 4.63. The van der Waals surface area contributed by atoms with Crippen LogP contribution in [0.15, 0.2) is 11.6 Å². The molecule has 52 valence electrons. The minimum Gasteiger partial charge on any atom is -0.460 e. The Bertz CT molecular complexity index is 202. The number of carbonyl (C=O) groups excluding carboxylic acids is 1. The molecular weight excluding hydrogens is 130 g/mol. The molecule has 1 atom stereocenters. The zero-order valence-corrected chi connectivity index (χ0v) is 5.41. The quantitative estimate of drug-likeness (QED) is 0.528. The maximum Gasteiger partial charge on any atom is 0.293 e. The van der Waals surface area contributed by atoms with Crippen LogP contribution >= 0.6 is 0 Å². The lowest BCUT2D eigenvalue weighted by atomic mass is 10.3. The molecule has 0 spiro atoms. The highest BCUT2D eigenvalue weighted by molar-refractivity contribution is 5.39. The summed E-state index contributed by atoms with van der Waals surface area (Å²) in [7, 11) is 0. The van der Waals surface area contributed by atoms with E-state index in [9.17, 15) is 4.79 Å². The molecular formula is C7H7NO2. The fourth-order valence-electron chi connectivity index (χ4n) is 0.961. The summed E-state index contributed by atoms with van der Waals surface area (Å²) in [6.45, 7) is 0.418. The van der Waals surface area contributed by atoms with Gasteiger partial charge in [-0.25, -0.2) is 0 Å². The summed E-state index contributed by atoms with van der Waals surface area (Å²) in [5.74, 6) is 0. The van der Waals surface area contributed by atoms with Crippen LogP contribution in [0.1, 0.15) is 12.8 Å². The van der Waals surface area contributed by atoms with Crippen molar-refractivity contribution in [3.05, 3.63) is 11.6 Å². The Balaban J connectivity index is 2.48. The lowest BCUT2D eigenvalue weighted by Crippen LogP contribution is -2.03. The maximum atomic E-state index is 9.82. The van der Waals surface area contributed by atoms with Crippen LogP contribution in [0, 0.1) is 11.3 Å². The molecule has 1 unspecified atom stereocenters. The summed E-state index contributed by atoms with van der Waals surface area (Å²) in [6.07, 6.45) is 3.01. The van der Waals surface area contributed by atoms with Crippen LogP contribution in [-0.2, 0) is 9.53 Å². The van der Waals surface area contributed by atoms with Gasteiger partial charge in [0, 0.05) is 5.57 Å². The topological polar surface area (TPSA) is 50.1 Å². The van der Waals surface area contributed by atoms with Gasteiger partial charge < -0.3 is 4.74 Å². The van der Waals surface area contributed by atoms with Gasteiger partial charge in [0.25, 0.3) is 6.47 Å². The highest BCUT2D eigenvalue weighted by Gasteiger charge is 2.15. The second-order valence-electron chi connectivity index (χ2n) is 2.11. The van der Waals surface area contributed by atoms with Crippen molar-refractivity contribution in [3.63, 3.8) is 0 Å². The van der Waals surface area contributed by atoms with Crippen LogP contribution in [-0.4, -0.2) is 12.6 Å². The van der Waals surface area contributed by atoms with Gasteiger partial charge in [-0.3, -0.25) is 4.79 Å². The Morgan fingerprint density at radius 1 is 1.90 bits per heavy atom. The summed E-state index contributed by atoms with van der Waals surface area (Å²) in [5, 5.41) is 8.39. The third-order valence-corrected chi connectivity index (χ3v) is 1.46. The van der Waals surface area contributed by atoms with Gasteiger partial charge in [0.15, 0.2) is 0 Å². The van der Waals surface area contributed by atoms with Gasteiger partial charge in [0.05, 0.1) is 6.07 Å². The van der Waals surface area contributed by atoms with Crippen LogP contribution in [0.4, 0.5) is 0 Å². The van der Waals surface area contributed by atoms with Gasteiger partial charge >= 0.3 is 0 Å². The van der Waals surface area contributed by atoms with Gasteiger partial charge in [0.1, 0.15) is 6.10 Å². The predicted octanol–water partition coefficient (Wildman–Crippen LogP) is 0.772. The molecule has 3 heteroatoms. The second kappa shape index (κ2) is 3.02. The van der Waals surface area contributed by atoms with Crippen molar-refractivity contribution in [3.8, 4) is 6.07 Å². The monoisotopic (exact) mass is 137 g/mol. The fraction of sp³-hybridized carbons (Fsp3) is 0.429. The maximum absolute atomic E-state index is 9.82. The van der Waals surface area contributed by atoms with E-state index in [0.29, 0.717) is 12.0 Å². The standard InChI is InChI=1S/C7H7NO2/c8-4-6-1-2-7(3-6)10-5-9/h3,5,7H,1-2H2. The minimum atomic E-state index is -0.160. The third kappa shape index (κ3) is 1.35. The second-order valence-corrected chi connectivity index (χ2v) is 2.11. The number of ether oxygens (including phenoxy) is 1. The first-order chi connectivity index (χ1) is 4.86. The summed E-state index contributed by atoms with van der Waals surface area (Å²) in [4.78, 5) is 9.82. The first-order valence-corrected chi connectivity index (χ1v) is 3.06. The molecule has 0 aromatic heterocycles. The highest BCUT2D eigenvalue weighted by Crippen LogP contribution is 2.19. The van der Waals surface area contributed by atoms with Crippen LogP contribution in [0.5, 0.6) is 0 Å². The number of allylic oxidation sites excluding steroid dienone is 1. The van der Waals surface area contributed by atoms with Crippen LogP contribution in [0.25, 0.3) is 0 Å². The van der Waals surface area contributed by atoms with E-state index in [-0.39, 0.29) is 6.10 Å². The van der Waals surface area contributed by atoms with Crippen LogP contribution in [0.2, 0.25) is 0 Å². The number of hydrogen-bond acceptors (Lipinski definition) is 3. The largest absolute Gasteiger partial charge is 0.460 e. The lowest BCUT2D eigenvalue weighted by molar-refractivity contribution is -0.131. The number of rotatable bonds is 2. The van der Waals surface area contributed by atoms with Crippen molar-refractivity contribution in [1.82, 2.24) is 0 Å². The SMILES string of the molecule is N#CC1=CC(OC=O)CC1. The molecule has 0 aliphatic heterocycles. The molecule has 0 aromatic carbocycles. The molecule has 1 aliphatic carbocycles. The summed E-state index contributed by atoms with van der Waals surface area (Å²) in [5.41, 5.74) is 0.715. The van der Waals surface area contributed by atoms with Gasteiger partial charge in [-0.15, -0.1) is 0 Å². The third-order valence-electron chi connectivity index (χ3n) is 1.46. The molecule has 0 radical (unpaired) electrons. The van der Waals surface area contributed by atoms with Crippen molar-refractivity contribution in [2.24, 2.45) is 0 Å². The zero-order chi connectivity index (χ0) is 7.40. The minimum absolute atomic E-state index is 0.160. The number of nitrogens with zero attached hydrogens (tertiary/aromatic N) is 1. The zero-order valence-electron chi connectivity index (χ0n) is 5.41. The fourth-order valence-corrected chi connectivity index (χ4v) is 0.961. The Hall–Kier alpha value is -1.30. The van der Waals surface area contributed by atoms with E-state index in [1.165, 1.54) is 0 Å². The van der Waals surface area contributed by atoms with Crippen molar-refractivity contribution in [1.29, 1.82) is 5.26 Å². The average molecular weight is 137 g/mol. The number of nitriles is 1. The highest BCUT2D eigenvalue weighted by atomic mass is 16.5. The first-order valence-electron chi connectivity index (χ1n) is 3.06. The van der Waals surface area contributed by atoms with Crippen molar-refractivity contribution in [2.75, 3.05) is 0 Å². The molecule has 0 saturated carbocycles. The first kappa shape index (κ1) is 6.81. The Labute approximate surface area is 58.9 Å². The van der Waals surface area contributed by atoms with Gasteiger partial charge in [-0.05, 0) is 18.9 Å². The molecule has 0 bridgehead atoms. The Kier molecular flexibility index (Phi) is 2.06. The van der Waals surface area contributed by atoms with Crippen LogP contribution in [0.3, 0.4) is 0 Å². The van der Waals surface area contributed by atoms with Crippen molar-refractivity contribution < 1.29 is 9.53 Å². The molecule has 0 heterocycles. The van der Waals surface area contributed by atoms with Gasteiger partial charge in [0.2, 0.25) is 0 Å². The summed E-state index contributed by atoms with van der Waals surface area (Å²) >= 11 is 0. The molecule has 3 nitrogen and oxygen atoms in total. The van der Waals surface area contributed by atoms with E-state index in [0.717, 1.165) is 12.8 Å². The molecule has 0 aromatic rings. The molecule has 1 rings (SSSR count). The van der Waals surface area contributed by atoms with Gasteiger partial charge in [-0.2, -0.15) is 5.26 Å². The Morgan fingerprint density at radius 3 is 3.20 bits per heavy atom. The van der Waals surface area contributed by atoms with E-state index >= 15 is 0 Å².